The molecule has 3 aliphatic rings. The van der Waals surface area contributed by atoms with Crippen LogP contribution in [0.25, 0.3) is 0 Å². The number of hydrogen-bond donors (Lipinski definition) is 6. The Kier molecular flexibility index (Phi) is 8.72. The summed E-state index contributed by atoms with van der Waals surface area (Å²) < 4.78 is 17.1. The molecule has 49 heavy (non-hydrogen) atoms. The lowest BCUT2D eigenvalue weighted by Crippen LogP contribution is -2.68. The van der Waals surface area contributed by atoms with Gasteiger partial charge in [-0.05, 0) is 54.8 Å². The van der Waals surface area contributed by atoms with Gasteiger partial charge in [0.2, 0.25) is 12.1 Å². The Labute approximate surface area is 278 Å². The third kappa shape index (κ3) is 5.81. The van der Waals surface area contributed by atoms with Crippen molar-refractivity contribution in [1.82, 2.24) is 9.88 Å². The van der Waals surface area contributed by atoms with Crippen LogP contribution in [0.3, 0.4) is 0 Å². The van der Waals surface area contributed by atoms with E-state index in [0.717, 1.165) is 17.1 Å². The molecule has 3 heterocycles. The van der Waals surface area contributed by atoms with Crippen molar-refractivity contribution < 1.29 is 58.9 Å². The summed E-state index contributed by atoms with van der Waals surface area (Å²) in [6, 6.07) is 8.37. The summed E-state index contributed by atoms with van der Waals surface area (Å²) in [7, 11) is 1.31. The topological polar surface area (TPSA) is 239 Å². The van der Waals surface area contributed by atoms with Crippen molar-refractivity contribution in [2.75, 3.05) is 26.0 Å². The number of aromatic nitrogens is 1. The van der Waals surface area contributed by atoms with Crippen LogP contribution >= 0.6 is 0 Å². The second-order valence-electron chi connectivity index (χ2n) is 12.2. The molecule has 2 aromatic carbocycles. The summed E-state index contributed by atoms with van der Waals surface area (Å²) in [6.07, 6.45) is -4.44. The number of hydrogen-bond acceptors (Lipinski definition) is 14. The number of aliphatic hydroxyl groups is 4. The number of pyridine rings is 1. The van der Waals surface area contributed by atoms with Crippen molar-refractivity contribution in [2.24, 2.45) is 0 Å². The molecule has 1 aliphatic carbocycles. The van der Waals surface area contributed by atoms with E-state index < -0.39 is 78.3 Å². The van der Waals surface area contributed by atoms with Crippen LogP contribution in [-0.2, 0) is 14.3 Å². The minimum atomic E-state index is -2.40. The average Bonchev–Trinajstić information content (AvgIpc) is 3.38. The number of phenolic OH excluding ortho intramolecular Hbond substituents is 1. The lowest BCUT2D eigenvalue weighted by molar-refractivity contribution is -0.315. The maximum Gasteiger partial charge on any atom is 0.253 e. The quantitative estimate of drug-likeness (QED) is 0.129. The zero-order chi connectivity index (χ0) is 35.4. The molecular weight excluding hydrogens is 642 g/mol. The fourth-order valence-corrected chi connectivity index (χ4v) is 6.57. The van der Waals surface area contributed by atoms with Crippen molar-refractivity contribution in [3.63, 3.8) is 0 Å². The number of ketones is 2. The Bertz CT molecular complexity index is 1890. The zero-order valence-corrected chi connectivity index (χ0v) is 26.3. The van der Waals surface area contributed by atoms with Gasteiger partial charge in [-0.15, -0.1) is 0 Å². The molecule has 6 rings (SSSR count). The number of fused-ring (bicyclic) bond motifs is 2. The van der Waals surface area contributed by atoms with Gasteiger partial charge in [0.1, 0.15) is 47.0 Å². The maximum absolute atomic E-state index is 13.8. The van der Waals surface area contributed by atoms with E-state index in [1.807, 2.05) is 0 Å². The third-order valence-electron chi connectivity index (χ3n) is 9.05. The summed E-state index contributed by atoms with van der Waals surface area (Å²) in [4.78, 5) is 57.0. The molecular formula is C34H33N3O12. The number of nitrogens with two attached hydrogens (primary N) is 1. The molecule has 0 saturated carbocycles. The molecule has 15 heteroatoms. The van der Waals surface area contributed by atoms with Gasteiger partial charge in [0.25, 0.3) is 11.8 Å². The third-order valence-corrected chi connectivity index (χ3v) is 9.05. The van der Waals surface area contributed by atoms with Crippen LogP contribution < -0.4 is 15.2 Å². The number of aliphatic hydroxyl groups excluding tert-OH is 3. The molecule has 0 bridgehead atoms. The van der Waals surface area contributed by atoms with E-state index in [1.54, 1.807) is 6.92 Å². The van der Waals surface area contributed by atoms with Crippen molar-refractivity contribution >= 4 is 29.2 Å². The fourth-order valence-electron chi connectivity index (χ4n) is 6.57. The Morgan fingerprint density at radius 1 is 1.02 bits per heavy atom. The molecule has 1 saturated heterocycles. The molecule has 1 fully saturated rings. The lowest BCUT2D eigenvalue weighted by atomic mass is 9.75. The van der Waals surface area contributed by atoms with Crippen molar-refractivity contribution in [2.45, 2.75) is 49.5 Å². The monoisotopic (exact) mass is 675 g/mol. The number of amides is 2. The van der Waals surface area contributed by atoms with Gasteiger partial charge < -0.3 is 45.5 Å². The SMILES string of the molecule is COc1cc(O[C@@H]2O[C@H](CO)[C@](O)(C[C@H](CN3C(=O)C=CC3=O)c3ccnc(N)c3)[C@H](O)[C@H]2O)c2c(c1)C(=O)c1cc(C)cc(O)c1C2=O. The average molecular weight is 676 g/mol. The summed E-state index contributed by atoms with van der Waals surface area (Å²) in [5.74, 6) is -4.00. The number of methoxy groups -OCH3 is 1. The first-order chi connectivity index (χ1) is 23.3. The van der Waals surface area contributed by atoms with Crippen LogP contribution in [0.2, 0.25) is 0 Å². The number of aryl methyl sites for hydroxylation is 1. The number of nitrogen functional groups attached to an aromatic ring is 1. The van der Waals surface area contributed by atoms with E-state index in [2.05, 4.69) is 4.98 Å². The number of rotatable bonds is 9. The predicted molar refractivity (Wildman–Crippen MR) is 168 cm³/mol. The summed E-state index contributed by atoms with van der Waals surface area (Å²) >= 11 is 0. The lowest BCUT2D eigenvalue weighted by Gasteiger charge is -2.49. The van der Waals surface area contributed by atoms with E-state index in [9.17, 15) is 44.7 Å². The molecule has 15 nitrogen and oxygen atoms in total. The second-order valence-corrected chi connectivity index (χ2v) is 12.2. The van der Waals surface area contributed by atoms with Crippen LogP contribution in [0.5, 0.6) is 17.2 Å². The fraction of sp³-hybridized carbons (Fsp3) is 0.324. The molecule has 6 atom stereocenters. The number of imide groups is 1. The van der Waals surface area contributed by atoms with E-state index in [0.29, 0.717) is 11.1 Å². The summed E-state index contributed by atoms with van der Waals surface area (Å²) in [5.41, 5.74) is 3.78. The van der Waals surface area contributed by atoms with E-state index >= 15 is 0 Å². The predicted octanol–water partition coefficient (Wildman–Crippen LogP) is 0.110. The number of carbonyl (C=O) groups is 4. The van der Waals surface area contributed by atoms with Crippen LogP contribution in [0, 0.1) is 6.92 Å². The number of ether oxygens (including phenoxy) is 3. The Hall–Kier alpha value is -5.19. The standard InChI is InChI=1S/C34H33N3O12/c1-15-7-19-27(21(39)8-15)30(43)28-20(29(19)42)10-18(47-2)11-22(28)48-33-31(44)32(45)34(46,23(14-38)49-33)12-17(16-5-6-36-24(35)9-16)13-37-25(40)3-4-26(37)41/h3-11,17,23,31-33,38-39,44-46H,12-14H2,1-2H3,(H2,35,36)/t17-,23-,31-,32-,33-,34-/m1/s1. The zero-order valence-electron chi connectivity index (χ0n) is 26.3. The molecule has 0 radical (unpaired) electrons. The Morgan fingerprint density at radius 2 is 1.71 bits per heavy atom. The summed E-state index contributed by atoms with van der Waals surface area (Å²) in [5, 5.41) is 55.7. The molecule has 2 aliphatic heterocycles. The molecule has 0 unspecified atom stereocenters. The Morgan fingerprint density at radius 3 is 2.37 bits per heavy atom. The number of nitrogens with zero attached hydrogens (tertiary/aromatic N) is 2. The van der Waals surface area contributed by atoms with E-state index in [-0.39, 0.29) is 46.1 Å². The van der Waals surface area contributed by atoms with Gasteiger partial charge in [-0.1, -0.05) is 0 Å². The minimum Gasteiger partial charge on any atom is -0.507 e. The van der Waals surface area contributed by atoms with Crippen LogP contribution in [-0.4, -0.2) is 109 Å². The first kappa shape index (κ1) is 33.7. The second kappa shape index (κ2) is 12.7. The highest BCUT2D eigenvalue weighted by Crippen LogP contribution is 2.43. The molecule has 3 aromatic rings. The number of anilines is 1. The van der Waals surface area contributed by atoms with Crippen molar-refractivity contribution in [3.8, 4) is 17.2 Å². The minimum absolute atomic E-state index is 0.0254. The highest BCUT2D eigenvalue weighted by Gasteiger charge is 2.56. The van der Waals surface area contributed by atoms with Crippen LogP contribution in [0.15, 0.2) is 54.7 Å². The van der Waals surface area contributed by atoms with Gasteiger partial charge in [0, 0.05) is 48.0 Å². The maximum atomic E-state index is 13.8. The van der Waals surface area contributed by atoms with Gasteiger partial charge >= 0.3 is 0 Å². The first-order valence-corrected chi connectivity index (χ1v) is 15.2. The van der Waals surface area contributed by atoms with Gasteiger partial charge in [-0.2, -0.15) is 0 Å². The molecule has 2 amide bonds. The number of aromatic hydroxyl groups is 1. The normalized spacial score (nSPS) is 25.3. The molecule has 1 aromatic heterocycles. The Balaban J connectivity index is 1.33. The number of carbonyl (C=O) groups excluding carboxylic acids is 4. The van der Waals surface area contributed by atoms with Gasteiger partial charge in [0.05, 0.1) is 24.8 Å². The molecule has 0 spiro atoms. The van der Waals surface area contributed by atoms with Gasteiger partial charge in [-0.3, -0.25) is 24.1 Å². The highest BCUT2D eigenvalue weighted by molar-refractivity contribution is 6.30. The molecule has 256 valence electrons. The first-order valence-electron chi connectivity index (χ1n) is 15.2. The van der Waals surface area contributed by atoms with Crippen LogP contribution in [0.4, 0.5) is 5.82 Å². The largest absolute Gasteiger partial charge is 0.507 e. The smallest absolute Gasteiger partial charge is 0.253 e. The van der Waals surface area contributed by atoms with Crippen molar-refractivity contribution in [1.29, 1.82) is 0 Å². The van der Waals surface area contributed by atoms with Crippen LogP contribution in [0.1, 0.15) is 55.3 Å². The summed E-state index contributed by atoms with van der Waals surface area (Å²) in [6.45, 7) is 0.483. The van der Waals surface area contributed by atoms with Gasteiger partial charge in [-0.25, -0.2) is 4.98 Å². The molecule has 7 N–H and O–H groups in total. The van der Waals surface area contributed by atoms with E-state index in [1.165, 1.54) is 49.7 Å². The number of benzene rings is 2. The van der Waals surface area contributed by atoms with Crippen molar-refractivity contribution in [3.05, 3.63) is 88.1 Å². The van der Waals surface area contributed by atoms with Gasteiger partial charge in [0.15, 0.2) is 5.78 Å². The van der Waals surface area contributed by atoms with E-state index in [4.69, 9.17) is 19.9 Å². The number of phenols is 1. The highest BCUT2D eigenvalue weighted by atomic mass is 16.7.